The molecule has 3 rings (SSSR count). The lowest BCUT2D eigenvalue weighted by Gasteiger charge is -2.07. The quantitative estimate of drug-likeness (QED) is 0.730. The summed E-state index contributed by atoms with van der Waals surface area (Å²) in [5.41, 5.74) is 0.509. The van der Waals surface area contributed by atoms with Gasteiger partial charge < -0.3 is 14.5 Å². The first-order valence-corrected chi connectivity index (χ1v) is 7.36. The zero-order valence-corrected chi connectivity index (χ0v) is 13.1. The molecule has 1 N–H and O–H groups in total. The normalized spacial score (nSPS) is 10.7. The van der Waals surface area contributed by atoms with Crippen LogP contribution in [0.4, 0.5) is 14.5 Å². The molecule has 3 aromatic rings. The van der Waals surface area contributed by atoms with Crippen molar-refractivity contribution in [3.05, 3.63) is 65.4 Å². The highest BCUT2D eigenvalue weighted by atomic mass is 19.1. The van der Waals surface area contributed by atoms with Crippen LogP contribution in [0.3, 0.4) is 0 Å². The predicted octanol–water partition coefficient (Wildman–Crippen LogP) is 3.81. The number of hydrogen-bond donors (Lipinski definition) is 1. The van der Waals surface area contributed by atoms with Gasteiger partial charge in [0.25, 0.3) is 5.91 Å². The van der Waals surface area contributed by atoms with Gasteiger partial charge in [-0.05, 0) is 25.1 Å². The van der Waals surface area contributed by atoms with E-state index < -0.39 is 35.8 Å². The Hall–Kier alpha value is -3.22. The van der Waals surface area contributed by atoms with Gasteiger partial charge in [-0.3, -0.25) is 4.79 Å². The number of rotatable bonds is 4. The molecule has 1 aromatic heterocycles. The summed E-state index contributed by atoms with van der Waals surface area (Å²) in [6, 6.07) is 10.2. The van der Waals surface area contributed by atoms with Gasteiger partial charge in [0.1, 0.15) is 22.9 Å². The van der Waals surface area contributed by atoms with Gasteiger partial charge in [0.15, 0.2) is 6.61 Å². The summed E-state index contributed by atoms with van der Waals surface area (Å²) in [5.74, 6) is -3.57. The largest absolute Gasteiger partial charge is 0.450 e. The van der Waals surface area contributed by atoms with E-state index in [1.165, 1.54) is 6.07 Å². The third-order valence-corrected chi connectivity index (χ3v) is 3.59. The minimum absolute atomic E-state index is 0.0222. The van der Waals surface area contributed by atoms with Crippen LogP contribution in [0.25, 0.3) is 11.0 Å². The van der Waals surface area contributed by atoms with Crippen molar-refractivity contribution in [3.8, 4) is 0 Å². The molecule has 0 fully saturated rings. The SMILES string of the molecule is Cc1c(C(=O)OCC(=O)Nc2c(F)cccc2F)oc2ccccc12. The lowest BCUT2D eigenvalue weighted by molar-refractivity contribution is -0.119. The zero-order valence-electron chi connectivity index (χ0n) is 13.1. The summed E-state index contributed by atoms with van der Waals surface area (Å²) in [6.07, 6.45) is 0. The highest BCUT2D eigenvalue weighted by molar-refractivity contribution is 5.98. The van der Waals surface area contributed by atoms with E-state index >= 15 is 0 Å². The number of esters is 1. The van der Waals surface area contributed by atoms with E-state index in [4.69, 9.17) is 9.15 Å². The molecular formula is C18H13F2NO4. The molecule has 7 heteroatoms. The number of fused-ring (bicyclic) bond motifs is 1. The summed E-state index contributed by atoms with van der Waals surface area (Å²) in [4.78, 5) is 23.8. The van der Waals surface area contributed by atoms with Crippen LogP contribution in [0.2, 0.25) is 0 Å². The number of anilines is 1. The highest BCUT2D eigenvalue weighted by Gasteiger charge is 2.20. The van der Waals surface area contributed by atoms with Crippen LogP contribution >= 0.6 is 0 Å². The Kier molecular flexibility index (Phi) is 4.47. The molecule has 128 valence electrons. The Labute approximate surface area is 141 Å². The van der Waals surface area contributed by atoms with Crippen molar-refractivity contribution in [1.82, 2.24) is 0 Å². The molecule has 0 saturated heterocycles. The molecule has 0 saturated carbocycles. The fraction of sp³-hybridized carbons (Fsp3) is 0.111. The van der Waals surface area contributed by atoms with Gasteiger partial charge in [0, 0.05) is 10.9 Å². The predicted molar refractivity (Wildman–Crippen MR) is 86.2 cm³/mol. The average Bonchev–Trinajstić information content (AvgIpc) is 2.93. The van der Waals surface area contributed by atoms with Crippen molar-refractivity contribution < 1.29 is 27.5 Å². The second kappa shape index (κ2) is 6.72. The van der Waals surface area contributed by atoms with Crippen LogP contribution < -0.4 is 5.32 Å². The smallest absolute Gasteiger partial charge is 0.375 e. The van der Waals surface area contributed by atoms with Gasteiger partial charge in [0.05, 0.1) is 0 Å². The van der Waals surface area contributed by atoms with Crippen molar-refractivity contribution in [3.63, 3.8) is 0 Å². The number of carbonyl (C=O) groups excluding carboxylic acids is 2. The summed E-state index contributed by atoms with van der Waals surface area (Å²) in [7, 11) is 0. The summed E-state index contributed by atoms with van der Waals surface area (Å²) in [6.45, 7) is 0.986. The Balaban J connectivity index is 1.67. The molecule has 0 aliphatic rings. The fourth-order valence-electron chi connectivity index (χ4n) is 2.36. The molecule has 0 atom stereocenters. The summed E-state index contributed by atoms with van der Waals surface area (Å²) in [5, 5.41) is 2.79. The number of furan rings is 1. The number of halogens is 2. The van der Waals surface area contributed by atoms with Crippen LogP contribution in [0, 0.1) is 18.6 Å². The van der Waals surface area contributed by atoms with E-state index in [2.05, 4.69) is 0 Å². The lowest BCUT2D eigenvalue weighted by Crippen LogP contribution is -2.22. The Bertz CT molecular complexity index is 945. The molecular weight excluding hydrogens is 332 g/mol. The number of para-hydroxylation sites is 2. The van der Waals surface area contributed by atoms with E-state index in [1.807, 2.05) is 5.32 Å². The first-order valence-electron chi connectivity index (χ1n) is 7.36. The molecule has 25 heavy (non-hydrogen) atoms. The third kappa shape index (κ3) is 3.35. The summed E-state index contributed by atoms with van der Waals surface area (Å²) < 4.78 is 37.2. The number of hydrogen-bond acceptors (Lipinski definition) is 4. The first kappa shape index (κ1) is 16.6. The number of amides is 1. The Morgan fingerprint density at radius 2 is 1.76 bits per heavy atom. The minimum atomic E-state index is -0.923. The van der Waals surface area contributed by atoms with E-state index in [0.717, 1.165) is 17.5 Å². The topological polar surface area (TPSA) is 68.5 Å². The van der Waals surface area contributed by atoms with Crippen molar-refractivity contribution in [2.24, 2.45) is 0 Å². The van der Waals surface area contributed by atoms with Crippen molar-refractivity contribution in [2.45, 2.75) is 6.92 Å². The Morgan fingerprint density at radius 1 is 1.08 bits per heavy atom. The van der Waals surface area contributed by atoms with Crippen LogP contribution in [0.5, 0.6) is 0 Å². The molecule has 0 unspecified atom stereocenters. The molecule has 0 radical (unpaired) electrons. The third-order valence-electron chi connectivity index (χ3n) is 3.59. The average molecular weight is 345 g/mol. The van der Waals surface area contributed by atoms with E-state index in [1.54, 1.807) is 31.2 Å². The molecule has 1 heterocycles. The number of aryl methyl sites for hydroxylation is 1. The van der Waals surface area contributed by atoms with Crippen LogP contribution in [0.1, 0.15) is 16.1 Å². The van der Waals surface area contributed by atoms with Gasteiger partial charge in [-0.25, -0.2) is 13.6 Å². The second-order valence-electron chi connectivity index (χ2n) is 5.27. The molecule has 0 aliphatic heterocycles. The maximum Gasteiger partial charge on any atom is 0.375 e. The van der Waals surface area contributed by atoms with Crippen LogP contribution in [0.15, 0.2) is 46.9 Å². The highest BCUT2D eigenvalue weighted by Crippen LogP contribution is 2.25. The van der Waals surface area contributed by atoms with Gasteiger partial charge >= 0.3 is 5.97 Å². The second-order valence-corrected chi connectivity index (χ2v) is 5.27. The monoisotopic (exact) mass is 345 g/mol. The maximum atomic E-state index is 13.5. The molecule has 0 aliphatic carbocycles. The molecule has 0 spiro atoms. The van der Waals surface area contributed by atoms with E-state index in [-0.39, 0.29) is 5.76 Å². The molecule has 0 bridgehead atoms. The van der Waals surface area contributed by atoms with Gasteiger partial charge in [0.2, 0.25) is 5.76 Å². The molecule has 5 nitrogen and oxygen atoms in total. The maximum absolute atomic E-state index is 13.5. The number of ether oxygens (including phenoxy) is 1. The zero-order chi connectivity index (χ0) is 18.0. The first-order chi connectivity index (χ1) is 12.0. The van der Waals surface area contributed by atoms with Gasteiger partial charge in [-0.15, -0.1) is 0 Å². The summed E-state index contributed by atoms with van der Waals surface area (Å²) >= 11 is 0. The Morgan fingerprint density at radius 3 is 2.44 bits per heavy atom. The number of carbonyl (C=O) groups is 2. The van der Waals surface area contributed by atoms with Crippen LogP contribution in [-0.4, -0.2) is 18.5 Å². The van der Waals surface area contributed by atoms with Crippen molar-refractivity contribution in [2.75, 3.05) is 11.9 Å². The van der Waals surface area contributed by atoms with Crippen molar-refractivity contribution >= 4 is 28.5 Å². The van der Waals surface area contributed by atoms with E-state index in [0.29, 0.717) is 11.1 Å². The van der Waals surface area contributed by atoms with Crippen molar-refractivity contribution in [1.29, 1.82) is 0 Å². The number of benzene rings is 2. The fourth-order valence-corrected chi connectivity index (χ4v) is 2.36. The standard InChI is InChI=1S/C18H13F2NO4/c1-10-11-5-2-3-8-14(11)25-17(10)18(23)24-9-15(22)21-16-12(19)6-4-7-13(16)20/h2-8H,9H2,1H3,(H,21,22). The molecule has 2 aromatic carbocycles. The lowest BCUT2D eigenvalue weighted by atomic mass is 10.1. The molecule has 1 amide bonds. The van der Waals surface area contributed by atoms with Crippen LogP contribution in [-0.2, 0) is 9.53 Å². The number of nitrogens with one attached hydrogen (secondary N) is 1. The van der Waals surface area contributed by atoms with Gasteiger partial charge in [-0.1, -0.05) is 24.3 Å². The van der Waals surface area contributed by atoms with E-state index in [9.17, 15) is 18.4 Å². The minimum Gasteiger partial charge on any atom is -0.450 e. The van der Waals surface area contributed by atoms with Gasteiger partial charge in [-0.2, -0.15) is 0 Å².